The number of thiophene rings is 1. The maximum absolute atomic E-state index is 12.1. The van der Waals surface area contributed by atoms with Crippen LogP contribution in [0.15, 0.2) is 46.3 Å². The molecule has 2 heterocycles. The number of nitrogens with zero attached hydrogens (tertiary/aromatic N) is 1. The monoisotopic (exact) mass is 356 g/mol. The Hall–Kier alpha value is -2.44. The zero-order valence-corrected chi connectivity index (χ0v) is 15.1. The highest BCUT2D eigenvalue weighted by molar-refractivity contribution is 7.13. The molecular weight excluding hydrogens is 336 g/mol. The van der Waals surface area contributed by atoms with Gasteiger partial charge in [0.05, 0.1) is 11.5 Å². The van der Waals surface area contributed by atoms with Crippen LogP contribution in [0.3, 0.4) is 0 Å². The number of nitrogens with one attached hydrogen (secondary N) is 1. The predicted molar refractivity (Wildman–Crippen MR) is 98.7 cm³/mol. The molecule has 6 heteroatoms. The lowest BCUT2D eigenvalue weighted by Crippen LogP contribution is -2.19. The maximum atomic E-state index is 12.1. The summed E-state index contributed by atoms with van der Waals surface area (Å²) in [5, 5.41) is 8.89. The number of aromatic nitrogens is 1. The second kappa shape index (κ2) is 8.09. The lowest BCUT2D eigenvalue weighted by atomic mass is 10.1. The van der Waals surface area contributed by atoms with E-state index >= 15 is 0 Å². The molecule has 0 saturated carbocycles. The summed E-state index contributed by atoms with van der Waals surface area (Å²) >= 11 is 1.59. The summed E-state index contributed by atoms with van der Waals surface area (Å²) in [6.07, 6.45) is 0.864. The summed E-state index contributed by atoms with van der Waals surface area (Å²) in [6, 6.07) is 11.8. The van der Waals surface area contributed by atoms with Gasteiger partial charge in [-0.1, -0.05) is 36.3 Å². The fourth-order valence-corrected chi connectivity index (χ4v) is 3.21. The summed E-state index contributed by atoms with van der Waals surface area (Å²) in [4.78, 5) is 13.2. The van der Waals surface area contributed by atoms with Crippen molar-refractivity contribution in [2.45, 2.75) is 26.9 Å². The molecule has 0 radical (unpaired) electrons. The fourth-order valence-electron chi connectivity index (χ4n) is 2.54. The van der Waals surface area contributed by atoms with Gasteiger partial charge in [-0.25, -0.2) is 0 Å². The van der Waals surface area contributed by atoms with Gasteiger partial charge in [0.1, 0.15) is 12.3 Å². The number of aryl methyl sites for hydroxylation is 2. The van der Waals surface area contributed by atoms with Crippen molar-refractivity contribution < 1.29 is 14.1 Å². The molecule has 0 saturated heterocycles. The van der Waals surface area contributed by atoms with Gasteiger partial charge in [-0.2, -0.15) is 0 Å². The number of carbonyl (C=O) groups excluding carboxylic acids is 1. The van der Waals surface area contributed by atoms with Crippen molar-refractivity contribution in [3.8, 4) is 10.6 Å². The number of carbonyl (C=O) groups is 1. The molecule has 0 spiro atoms. The molecule has 0 aliphatic carbocycles. The van der Waals surface area contributed by atoms with Crippen LogP contribution in [0.5, 0.6) is 0 Å². The third-order valence-electron chi connectivity index (χ3n) is 3.81. The Morgan fingerprint density at radius 1 is 1.32 bits per heavy atom. The number of amides is 1. The van der Waals surface area contributed by atoms with Crippen LogP contribution in [0.1, 0.15) is 23.7 Å². The van der Waals surface area contributed by atoms with Gasteiger partial charge < -0.3 is 14.6 Å². The Morgan fingerprint density at radius 2 is 2.20 bits per heavy atom. The first-order chi connectivity index (χ1) is 12.2. The second-order valence-corrected chi connectivity index (χ2v) is 6.61. The van der Waals surface area contributed by atoms with Gasteiger partial charge in [0.15, 0.2) is 5.76 Å². The molecule has 3 aromatic rings. The Labute approximate surface area is 150 Å². The SMILES string of the molecule is CCc1cccc(C)c1NC(=O)COCc1cc(-c2cccs2)on1. The van der Waals surface area contributed by atoms with E-state index in [0.717, 1.165) is 28.1 Å². The molecule has 25 heavy (non-hydrogen) atoms. The number of anilines is 1. The minimum atomic E-state index is -0.175. The molecule has 0 aliphatic heterocycles. The Morgan fingerprint density at radius 3 is 2.96 bits per heavy atom. The largest absolute Gasteiger partial charge is 0.365 e. The molecule has 1 aromatic carbocycles. The van der Waals surface area contributed by atoms with Crippen molar-refractivity contribution in [3.05, 3.63) is 58.6 Å². The summed E-state index contributed by atoms with van der Waals surface area (Å²) < 4.78 is 10.8. The first-order valence-corrected chi connectivity index (χ1v) is 9.01. The molecule has 0 fully saturated rings. The lowest BCUT2D eigenvalue weighted by molar-refractivity contribution is -0.121. The van der Waals surface area contributed by atoms with Crippen LogP contribution in [-0.2, 0) is 22.6 Å². The number of ether oxygens (including phenoxy) is 1. The summed E-state index contributed by atoms with van der Waals surface area (Å²) in [5.41, 5.74) is 3.71. The lowest BCUT2D eigenvalue weighted by Gasteiger charge is -2.12. The molecule has 0 atom stereocenters. The van der Waals surface area contributed by atoms with Gasteiger partial charge in [0, 0.05) is 11.8 Å². The van der Waals surface area contributed by atoms with E-state index in [1.54, 1.807) is 11.3 Å². The van der Waals surface area contributed by atoms with E-state index in [1.165, 1.54) is 0 Å². The summed E-state index contributed by atoms with van der Waals surface area (Å²) in [7, 11) is 0. The van der Waals surface area contributed by atoms with Crippen LogP contribution >= 0.6 is 11.3 Å². The number of hydrogen-bond donors (Lipinski definition) is 1. The molecule has 130 valence electrons. The molecule has 0 unspecified atom stereocenters. The molecule has 0 aliphatic rings. The van der Waals surface area contributed by atoms with Gasteiger partial charge in [-0.15, -0.1) is 11.3 Å². The van der Waals surface area contributed by atoms with Gasteiger partial charge in [0.25, 0.3) is 0 Å². The van der Waals surface area contributed by atoms with Gasteiger partial charge in [-0.05, 0) is 35.9 Å². The second-order valence-electron chi connectivity index (χ2n) is 5.66. The first kappa shape index (κ1) is 17.4. The number of benzene rings is 1. The normalized spacial score (nSPS) is 10.8. The van der Waals surface area contributed by atoms with E-state index < -0.39 is 0 Å². The van der Waals surface area contributed by atoms with Crippen molar-refractivity contribution >= 4 is 22.9 Å². The van der Waals surface area contributed by atoms with Crippen LogP contribution in [-0.4, -0.2) is 17.7 Å². The van der Waals surface area contributed by atoms with Gasteiger partial charge >= 0.3 is 0 Å². The van der Waals surface area contributed by atoms with E-state index in [-0.39, 0.29) is 19.1 Å². The molecule has 5 nitrogen and oxygen atoms in total. The first-order valence-electron chi connectivity index (χ1n) is 8.13. The fraction of sp³-hybridized carbons (Fsp3) is 0.263. The van der Waals surface area contributed by atoms with Crippen molar-refractivity contribution in [2.75, 3.05) is 11.9 Å². The smallest absolute Gasteiger partial charge is 0.250 e. The van der Waals surface area contributed by atoms with Crippen molar-refractivity contribution in [1.82, 2.24) is 5.16 Å². The summed E-state index contributed by atoms with van der Waals surface area (Å²) in [6.45, 7) is 4.25. The average Bonchev–Trinajstić information content (AvgIpc) is 3.28. The van der Waals surface area contributed by atoms with Gasteiger partial charge in [-0.3, -0.25) is 4.79 Å². The van der Waals surface area contributed by atoms with Crippen LogP contribution in [0.4, 0.5) is 5.69 Å². The number of hydrogen-bond acceptors (Lipinski definition) is 5. The minimum absolute atomic E-state index is 0.0291. The minimum Gasteiger partial charge on any atom is -0.365 e. The van der Waals surface area contributed by atoms with E-state index in [1.807, 2.05) is 48.7 Å². The summed E-state index contributed by atoms with van der Waals surface area (Å²) in [5.74, 6) is 0.538. The molecule has 1 amide bonds. The van der Waals surface area contributed by atoms with E-state index in [2.05, 4.69) is 17.4 Å². The average molecular weight is 356 g/mol. The van der Waals surface area contributed by atoms with Crippen LogP contribution in [0.2, 0.25) is 0 Å². The molecule has 3 rings (SSSR count). The van der Waals surface area contributed by atoms with E-state index in [9.17, 15) is 4.79 Å². The molecule has 0 bridgehead atoms. The zero-order chi connectivity index (χ0) is 17.6. The highest BCUT2D eigenvalue weighted by Crippen LogP contribution is 2.25. The van der Waals surface area contributed by atoms with Crippen molar-refractivity contribution in [2.24, 2.45) is 0 Å². The number of rotatable bonds is 7. The molecular formula is C19H20N2O3S. The highest BCUT2D eigenvalue weighted by Gasteiger charge is 2.11. The molecule has 1 N–H and O–H groups in total. The number of para-hydroxylation sites is 1. The standard InChI is InChI=1S/C19H20N2O3S/c1-3-14-7-4-6-13(2)19(14)20-18(22)12-23-11-15-10-16(24-21-15)17-8-5-9-25-17/h4-10H,3,11-12H2,1-2H3,(H,20,22). The van der Waals surface area contributed by atoms with Crippen LogP contribution < -0.4 is 5.32 Å². The van der Waals surface area contributed by atoms with E-state index in [0.29, 0.717) is 11.5 Å². The van der Waals surface area contributed by atoms with Crippen LogP contribution in [0.25, 0.3) is 10.6 Å². The highest BCUT2D eigenvalue weighted by atomic mass is 32.1. The third kappa shape index (κ3) is 4.35. The Kier molecular flexibility index (Phi) is 5.63. The maximum Gasteiger partial charge on any atom is 0.250 e. The predicted octanol–water partition coefficient (Wildman–Crippen LogP) is 4.43. The van der Waals surface area contributed by atoms with Crippen LogP contribution in [0, 0.1) is 6.92 Å². The van der Waals surface area contributed by atoms with Crippen molar-refractivity contribution in [1.29, 1.82) is 0 Å². The van der Waals surface area contributed by atoms with Gasteiger partial charge in [0.2, 0.25) is 5.91 Å². The third-order valence-corrected chi connectivity index (χ3v) is 4.69. The quantitative estimate of drug-likeness (QED) is 0.680. The van der Waals surface area contributed by atoms with Crippen molar-refractivity contribution in [3.63, 3.8) is 0 Å². The molecule has 2 aromatic heterocycles. The topological polar surface area (TPSA) is 64.4 Å². The Bertz CT molecular complexity index is 840. The zero-order valence-electron chi connectivity index (χ0n) is 14.2. The van der Waals surface area contributed by atoms with E-state index in [4.69, 9.17) is 9.26 Å². The Balaban J connectivity index is 1.52.